The van der Waals surface area contributed by atoms with Crippen molar-refractivity contribution in [2.75, 3.05) is 0 Å². The van der Waals surface area contributed by atoms with Crippen LogP contribution in [-0.4, -0.2) is 9.55 Å². The molecule has 4 nitrogen and oxygen atoms in total. The van der Waals surface area contributed by atoms with Gasteiger partial charge in [-0.25, -0.2) is 4.98 Å². The molecule has 1 atom stereocenters. The van der Waals surface area contributed by atoms with Gasteiger partial charge in [-0.05, 0) is 38.0 Å². The first-order valence-electron chi connectivity index (χ1n) is 7.17. The van der Waals surface area contributed by atoms with Gasteiger partial charge in [0.25, 0.3) is 0 Å². The smallest absolute Gasteiger partial charge is 0.147 e. The molecule has 1 unspecified atom stereocenters. The van der Waals surface area contributed by atoms with Crippen LogP contribution in [0.5, 0.6) is 5.75 Å². The number of benzene rings is 1. The van der Waals surface area contributed by atoms with E-state index in [0.717, 1.165) is 30.2 Å². The van der Waals surface area contributed by atoms with Crippen LogP contribution >= 0.6 is 0 Å². The molecule has 1 heterocycles. The van der Waals surface area contributed by atoms with Crippen LogP contribution in [0.25, 0.3) is 0 Å². The van der Waals surface area contributed by atoms with Gasteiger partial charge < -0.3 is 15.0 Å². The molecule has 0 fully saturated rings. The maximum absolute atomic E-state index is 5.94. The molecule has 2 N–H and O–H groups in total. The molecular formula is C16H23N3O. The van der Waals surface area contributed by atoms with E-state index in [4.69, 9.17) is 10.5 Å². The van der Waals surface area contributed by atoms with Crippen molar-refractivity contribution in [3.8, 4) is 5.75 Å². The van der Waals surface area contributed by atoms with E-state index < -0.39 is 0 Å². The van der Waals surface area contributed by atoms with Crippen LogP contribution in [0.1, 0.15) is 43.9 Å². The Balaban J connectivity index is 2.06. The van der Waals surface area contributed by atoms with Gasteiger partial charge in [0.1, 0.15) is 18.2 Å². The van der Waals surface area contributed by atoms with Crippen molar-refractivity contribution in [1.82, 2.24) is 9.55 Å². The Morgan fingerprint density at radius 2 is 1.95 bits per heavy atom. The Hall–Kier alpha value is -1.81. The lowest BCUT2D eigenvalue weighted by Gasteiger charge is -2.12. The largest absolute Gasteiger partial charge is 0.486 e. The van der Waals surface area contributed by atoms with Crippen LogP contribution in [0.3, 0.4) is 0 Å². The van der Waals surface area contributed by atoms with Crippen LogP contribution in [0, 0.1) is 0 Å². The Labute approximate surface area is 120 Å². The van der Waals surface area contributed by atoms with Crippen molar-refractivity contribution in [2.45, 2.75) is 46.4 Å². The van der Waals surface area contributed by atoms with Crippen LogP contribution in [-0.2, 0) is 19.6 Å². The zero-order valence-corrected chi connectivity index (χ0v) is 12.5. The van der Waals surface area contributed by atoms with Gasteiger partial charge in [-0.2, -0.15) is 0 Å². The van der Waals surface area contributed by atoms with E-state index in [9.17, 15) is 0 Å². The first-order valence-corrected chi connectivity index (χ1v) is 7.17. The van der Waals surface area contributed by atoms with Gasteiger partial charge in [-0.15, -0.1) is 0 Å². The van der Waals surface area contributed by atoms with Crippen molar-refractivity contribution < 1.29 is 4.74 Å². The standard InChI is InChI=1S/C16H23N3O/c1-4-13-6-8-14(9-7-13)20-11-16-18-10-15(12(3)17)19(16)5-2/h6-10,12H,4-5,11,17H2,1-3H3. The predicted octanol–water partition coefficient (Wildman–Crippen LogP) is 3.06. The lowest BCUT2D eigenvalue weighted by molar-refractivity contribution is 0.289. The maximum atomic E-state index is 5.94. The van der Waals surface area contributed by atoms with Gasteiger partial charge in [0.2, 0.25) is 0 Å². The number of hydrogen-bond acceptors (Lipinski definition) is 3. The van der Waals surface area contributed by atoms with Crippen molar-refractivity contribution in [3.05, 3.63) is 47.5 Å². The van der Waals surface area contributed by atoms with Gasteiger partial charge in [0.05, 0.1) is 11.9 Å². The third-order valence-electron chi connectivity index (χ3n) is 3.45. The lowest BCUT2D eigenvalue weighted by Crippen LogP contribution is -2.14. The summed E-state index contributed by atoms with van der Waals surface area (Å²) in [5.41, 5.74) is 8.30. The number of aryl methyl sites for hydroxylation is 1. The summed E-state index contributed by atoms with van der Waals surface area (Å²) in [6.45, 7) is 7.52. The highest BCUT2D eigenvalue weighted by Crippen LogP contribution is 2.17. The SMILES string of the molecule is CCc1ccc(OCc2ncc(C(C)N)n2CC)cc1. The molecule has 1 aromatic carbocycles. The molecule has 1 aromatic heterocycles. The highest BCUT2D eigenvalue weighted by atomic mass is 16.5. The molecule has 108 valence electrons. The molecular weight excluding hydrogens is 250 g/mol. The summed E-state index contributed by atoms with van der Waals surface area (Å²) >= 11 is 0. The quantitative estimate of drug-likeness (QED) is 0.880. The number of nitrogens with zero attached hydrogens (tertiary/aromatic N) is 2. The third-order valence-corrected chi connectivity index (χ3v) is 3.45. The summed E-state index contributed by atoms with van der Waals surface area (Å²) in [5, 5.41) is 0. The van der Waals surface area contributed by atoms with Crippen LogP contribution in [0.4, 0.5) is 0 Å². The van der Waals surface area contributed by atoms with E-state index in [-0.39, 0.29) is 6.04 Å². The number of rotatable bonds is 6. The van der Waals surface area contributed by atoms with E-state index >= 15 is 0 Å². The molecule has 20 heavy (non-hydrogen) atoms. The lowest BCUT2D eigenvalue weighted by atomic mass is 10.2. The third kappa shape index (κ3) is 3.20. The molecule has 0 aliphatic heterocycles. The van der Waals surface area contributed by atoms with Gasteiger partial charge in [0.15, 0.2) is 0 Å². The van der Waals surface area contributed by atoms with Crippen LogP contribution in [0.2, 0.25) is 0 Å². The summed E-state index contributed by atoms with van der Waals surface area (Å²) in [5.74, 6) is 1.79. The predicted molar refractivity (Wildman–Crippen MR) is 80.7 cm³/mol. The van der Waals surface area contributed by atoms with Crippen molar-refractivity contribution in [1.29, 1.82) is 0 Å². The van der Waals surface area contributed by atoms with Crippen molar-refractivity contribution in [3.63, 3.8) is 0 Å². The van der Waals surface area contributed by atoms with Gasteiger partial charge in [-0.1, -0.05) is 19.1 Å². The first kappa shape index (κ1) is 14.6. The monoisotopic (exact) mass is 273 g/mol. The number of nitrogens with two attached hydrogens (primary N) is 1. The second-order valence-corrected chi connectivity index (χ2v) is 4.92. The van der Waals surface area contributed by atoms with E-state index in [0.29, 0.717) is 6.61 Å². The number of hydrogen-bond donors (Lipinski definition) is 1. The summed E-state index contributed by atoms with van der Waals surface area (Å²) in [7, 11) is 0. The van der Waals surface area contributed by atoms with E-state index in [1.54, 1.807) is 0 Å². The molecule has 0 aliphatic rings. The fraction of sp³-hybridized carbons (Fsp3) is 0.438. The van der Waals surface area contributed by atoms with Gasteiger partial charge >= 0.3 is 0 Å². The van der Waals surface area contributed by atoms with E-state index in [1.807, 2.05) is 25.3 Å². The zero-order chi connectivity index (χ0) is 14.5. The fourth-order valence-electron chi connectivity index (χ4n) is 2.24. The zero-order valence-electron chi connectivity index (χ0n) is 12.5. The van der Waals surface area contributed by atoms with Gasteiger partial charge in [0, 0.05) is 12.6 Å². The van der Waals surface area contributed by atoms with Crippen LogP contribution < -0.4 is 10.5 Å². The number of imidazole rings is 1. The maximum Gasteiger partial charge on any atom is 0.147 e. The molecule has 2 rings (SSSR count). The molecule has 2 aromatic rings. The van der Waals surface area contributed by atoms with E-state index in [1.165, 1.54) is 5.56 Å². The molecule has 0 spiro atoms. The second-order valence-electron chi connectivity index (χ2n) is 4.92. The fourth-order valence-corrected chi connectivity index (χ4v) is 2.24. The molecule has 0 saturated heterocycles. The molecule has 0 amide bonds. The minimum absolute atomic E-state index is 0.0139. The van der Waals surface area contributed by atoms with E-state index in [2.05, 4.69) is 35.5 Å². The highest BCUT2D eigenvalue weighted by molar-refractivity contribution is 5.27. The molecule has 0 bridgehead atoms. The Bertz CT molecular complexity index is 543. The van der Waals surface area contributed by atoms with Gasteiger partial charge in [-0.3, -0.25) is 0 Å². The minimum Gasteiger partial charge on any atom is -0.486 e. The summed E-state index contributed by atoms with van der Waals surface area (Å²) < 4.78 is 7.92. The Morgan fingerprint density at radius 1 is 1.25 bits per heavy atom. The minimum atomic E-state index is -0.0139. The number of aromatic nitrogens is 2. The Kier molecular flexibility index (Phi) is 4.79. The second kappa shape index (κ2) is 6.57. The highest BCUT2D eigenvalue weighted by Gasteiger charge is 2.12. The normalized spacial score (nSPS) is 12.4. The van der Waals surface area contributed by atoms with Crippen LogP contribution in [0.15, 0.2) is 30.5 Å². The summed E-state index contributed by atoms with van der Waals surface area (Å²) in [4.78, 5) is 4.41. The topological polar surface area (TPSA) is 53.1 Å². The van der Waals surface area contributed by atoms with Crippen molar-refractivity contribution >= 4 is 0 Å². The molecule has 4 heteroatoms. The van der Waals surface area contributed by atoms with Crippen molar-refractivity contribution in [2.24, 2.45) is 5.73 Å². The first-order chi connectivity index (χ1) is 9.65. The average Bonchev–Trinajstić information content (AvgIpc) is 2.88. The molecule has 0 aliphatic carbocycles. The molecule has 0 saturated carbocycles. The summed E-state index contributed by atoms with van der Waals surface area (Å²) in [6, 6.07) is 8.18. The summed E-state index contributed by atoms with van der Waals surface area (Å²) in [6.07, 6.45) is 2.88. The molecule has 0 radical (unpaired) electrons. The number of ether oxygens (including phenoxy) is 1. The Morgan fingerprint density at radius 3 is 2.50 bits per heavy atom. The average molecular weight is 273 g/mol.